The van der Waals surface area contributed by atoms with Crippen LogP contribution in [0.5, 0.6) is 5.75 Å². The number of nitrogens with zero attached hydrogens (tertiary/aromatic N) is 1. The number of rotatable bonds is 5. The Labute approximate surface area is 177 Å². The number of carbonyl (C=O) groups excluding carboxylic acids is 1. The molecule has 0 saturated heterocycles. The standard InChI is InChI=1S/C18H16BrClN2O3S2/c1-8-9(2)27-17-15(8)16(23)21-14(22-17)7-26-10(3)18(24)25-13-5-4-11(20)6-12(13)19/h4-6,10H,7H2,1-3H3,(H,21,22,23). The summed E-state index contributed by atoms with van der Waals surface area (Å²) < 4.78 is 6.02. The van der Waals surface area contributed by atoms with Crippen molar-refractivity contribution in [3.8, 4) is 5.75 Å². The van der Waals surface area contributed by atoms with E-state index in [2.05, 4.69) is 25.9 Å². The third-order valence-electron chi connectivity index (χ3n) is 3.99. The van der Waals surface area contributed by atoms with Crippen LogP contribution in [-0.4, -0.2) is 21.2 Å². The quantitative estimate of drug-likeness (QED) is 0.393. The summed E-state index contributed by atoms with van der Waals surface area (Å²) in [5, 5.41) is 0.764. The number of fused-ring (bicyclic) bond motifs is 1. The normalized spacial score (nSPS) is 12.3. The van der Waals surface area contributed by atoms with Crippen molar-refractivity contribution in [2.45, 2.75) is 31.8 Å². The van der Waals surface area contributed by atoms with Crippen molar-refractivity contribution >= 4 is 66.8 Å². The number of aromatic nitrogens is 2. The van der Waals surface area contributed by atoms with E-state index in [1.54, 1.807) is 25.1 Å². The van der Waals surface area contributed by atoms with Crippen molar-refractivity contribution in [3.05, 3.63) is 54.3 Å². The predicted octanol–water partition coefficient (Wildman–Crippen LogP) is 5.24. The topological polar surface area (TPSA) is 72.0 Å². The first kappa shape index (κ1) is 20.4. The molecule has 0 saturated carbocycles. The zero-order chi connectivity index (χ0) is 19.7. The number of H-pyrrole nitrogens is 1. The summed E-state index contributed by atoms with van der Waals surface area (Å²) >= 11 is 12.1. The van der Waals surface area contributed by atoms with Crippen LogP contribution in [0, 0.1) is 13.8 Å². The van der Waals surface area contributed by atoms with Crippen molar-refractivity contribution in [2.24, 2.45) is 0 Å². The Morgan fingerprint density at radius 2 is 2.19 bits per heavy atom. The molecule has 5 nitrogen and oxygen atoms in total. The summed E-state index contributed by atoms with van der Waals surface area (Å²) in [6.45, 7) is 5.65. The van der Waals surface area contributed by atoms with Crippen molar-refractivity contribution in [2.75, 3.05) is 0 Å². The van der Waals surface area contributed by atoms with Crippen molar-refractivity contribution in [1.82, 2.24) is 9.97 Å². The Bertz CT molecular complexity index is 1080. The second-order valence-corrected chi connectivity index (χ2v) is 9.75. The highest BCUT2D eigenvalue weighted by atomic mass is 79.9. The minimum absolute atomic E-state index is 0.141. The molecule has 1 unspecified atom stereocenters. The van der Waals surface area contributed by atoms with Crippen LogP contribution in [0.3, 0.4) is 0 Å². The molecular formula is C18H16BrClN2O3S2. The fourth-order valence-corrected chi connectivity index (χ4v) is 4.93. The summed E-state index contributed by atoms with van der Waals surface area (Å²) in [6, 6.07) is 4.95. The SMILES string of the molecule is Cc1sc2nc(CSC(C)C(=O)Oc3ccc(Cl)cc3Br)[nH]c(=O)c2c1C. The summed E-state index contributed by atoms with van der Waals surface area (Å²) in [4.78, 5) is 33.8. The number of esters is 1. The van der Waals surface area contributed by atoms with Crippen LogP contribution in [-0.2, 0) is 10.5 Å². The first-order valence-corrected chi connectivity index (χ1v) is 11.1. The van der Waals surface area contributed by atoms with Crippen LogP contribution in [0.25, 0.3) is 10.2 Å². The Morgan fingerprint density at radius 1 is 1.44 bits per heavy atom. The number of aromatic amines is 1. The molecule has 9 heteroatoms. The third-order valence-corrected chi connectivity index (χ3v) is 7.08. The van der Waals surface area contributed by atoms with Gasteiger partial charge >= 0.3 is 5.97 Å². The number of ether oxygens (including phenoxy) is 1. The highest BCUT2D eigenvalue weighted by Crippen LogP contribution is 2.30. The van der Waals surface area contributed by atoms with Gasteiger partial charge in [0.05, 0.1) is 15.6 Å². The van der Waals surface area contributed by atoms with Crippen molar-refractivity contribution in [3.63, 3.8) is 0 Å². The fourth-order valence-electron chi connectivity index (χ4n) is 2.39. The first-order valence-electron chi connectivity index (χ1n) is 8.03. The second-order valence-electron chi connectivity index (χ2n) is 5.93. The number of hydrogen-bond acceptors (Lipinski definition) is 6. The number of nitrogens with one attached hydrogen (secondary N) is 1. The number of hydrogen-bond donors (Lipinski definition) is 1. The molecule has 2 heterocycles. The van der Waals surface area contributed by atoms with Gasteiger partial charge in [0.15, 0.2) is 0 Å². The predicted molar refractivity (Wildman–Crippen MR) is 115 cm³/mol. The van der Waals surface area contributed by atoms with E-state index in [1.165, 1.54) is 23.1 Å². The van der Waals surface area contributed by atoms with E-state index < -0.39 is 5.25 Å². The zero-order valence-electron chi connectivity index (χ0n) is 14.8. The number of carbonyl (C=O) groups is 1. The van der Waals surface area contributed by atoms with Gasteiger partial charge in [0.25, 0.3) is 5.56 Å². The summed E-state index contributed by atoms with van der Waals surface area (Å²) in [6.07, 6.45) is 0. The van der Waals surface area contributed by atoms with Gasteiger partial charge in [-0.2, -0.15) is 0 Å². The Hall–Kier alpha value is -1.35. The molecule has 0 aliphatic carbocycles. The van der Waals surface area contributed by atoms with E-state index in [-0.39, 0.29) is 11.5 Å². The van der Waals surface area contributed by atoms with E-state index >= 15 is 0 Å². The van der Waals surface area contributed by atoms with Gasteiger partial charge in [-0.1, -0.05) is 11.6 Å². The Balaban J connectivity index is 1.68. The molecule has 2 aromatic heterocycles. The molecule has 27 heavy (non-hydrogen) atoms. The second kappa shape index (κ2) is 8.34. The Morgan fingerprint density at radius 3 is 2.89 bits per heavy atom. The van der Waals surface area contributed by atoms with E-state index in [0.29, 0.717) is 32.2 Å². The van der Waals surface area contributed by atoms with Crippen LogP contribution < -0.4 is 10.3 Å². The fraction of sp³-hybridized carbons (Fsp3) is 0.278. The van der Waals surface area contributed by atoms with Crippen molar-refractivity contribution in [1.29, 1.82) is 0 Å². The van der Waals surface area contributed by atoms with Gasteiger partial charge in [0, 0.05) is 9.90 Å². The highest BCUT2D eigenvalue weighted by Gasteiger charge is 2.19. The lowest BCUT2D eigenvalue weighted by Gasteiger charge is -2.12. The number of aryl methyl sites for hydroxylation is 2. The van der Waals surface area contributed by atoms with Crippen LogP contribution in [0.1, 0.15) is 23.2 Å². The van der Waals surface area contributed by atoms with Gasteiger partial charge in [0.2, 0.25) is 0 Å². The van der Waals surface area contributed by atoms with Gasteiger partial charge < -0.3 is 9.72 Å². The third kappa shape index (κ3) is 4.56. The Kier molecular flexibility index (Phi) is 6.30. The molecule has 142 valence electrons. The molecule has 0 amide bonds. The molecule has 0 bridgehead atoms. The van der Waals surface area contributed by atoms with Crippen LogP contribution in [0.4, 0.5) is 0 Å². The lowest BCUT2D eigenvalue weighted by atomic mass is 10.2. The largest absolute Gasteiger partial charge is 0.425 e. The zero-order valence-corrected chi connectivity index (χ0v) is 18.7. The monoisotopic (exact) mass is 486 g/mol. The smallest absolute Gasteiger partial charge is 0.324 e. The minimum atomic E-state index is -0.430. The summed E-state index contributed by atoms with van der Waals surface area (Å²) in [5.41, 5.74) is 0.825. The number of thiophene rings is 1. The van der Waals surface area contributed by atoms with Crippen LogP contribution in [0.2, 0.25) is 5.02 Å². The summed E-state index contributed by atoms with van der Waals surface area (Å²) in [7, 11) is 0. The average molecular weight is 488 g/mol. The van der Waals surface area contributed by atoms with Gasteiger partial charge in [-0.15, -0.1) is 23.1 Å². The molecule has 1 aromatic carbocycles. The molecule has 0 radical (unpaired) electrons. The number of thioether (sulfide) groups is 1. The van der Waals surface area contributed by atoms with Crippen molar-refractivity contribution < 1.29 is 9.53 Å². The molecule has 3 aromatic rings. The van der Waals surface area contributed by atoms with Crippen LogP contribution >= 0.6 is 50.6 Å². The van der Waals surface area contributed by atoms with Gasteiger partial charge in [-0.05, 0) is 60.5 Å². The maximum Gasteiger partial charge on any atom is 0.324 e. The molecule has 0 aliphatic heterocycles. The van der Waals surface area contributed by atoms with Crippen LogP contribution in [0.15, 0.2) is 27.5 Å². The molecule has 0 aliphatic rings. The minimum Gasteiger partial charge on any atom is -0.425 e. The van der Waals surface area contributed by atoms with E-state index in [0.717, 1.165) is 15.3 Å². The highest BCUT2D eigenvalue weighted by molar-refractivity contribution is 9.10. The van der Waals surface area contributed by atoms with E-state index in [9.17, 15) is 9.59 Å². The molecule has 0 spiro atoms. The van der Waals surface area contributed by atoms with Gasteiger partial charge in [-0.3, -0.25) is 9.59 Å². The maximum absolute atomic E-state index is 12.3. The first-order chi connectivity index (χ1) is 12.8. The average Bonchev–Trinajstić information content (AvgIpc) is 2.89. The number of benzene rings is 1. The molecule has 1 atom stereocenters. The maximum atomic E-state index is 12.3. The summed E-state index contributed by atoms with van der Waals surface area (Å²) in [5.74, 6) is 0.980. The lowest BCUT2D eigenvalue weighted by molar-refractivity contribution is -0.133. The van der Waals surface area contributed by atoms with E-state index in [4.69, 9.17) is 16.3 Å². The molecule has 3 rings (SSSR count). The lowest BCUT2D eigenvalue weighted by Crippen LogP contribution is -2.21. The molecule has 1 N–H and O–H groups in total. The molecular weight excluding hydrogens is 472 g/mol. The number of halogens is 2. The van der Waals surface area contributed by atoms with Gasteiger partial charge in [0.1, 0.15) is 21.7 Å². The van der Waals surface area contributed by atoms with Gasteiger partial charge in [-0.25, -0.2) is 4.98 Å². The van der Waals surface area contributed by atoms with E-state index in [1.807, 2.05) is 13.8 Å². The molecule has 0 fully saturated rings.